The molecule has 3 fully saturated rings. The molecule has 0 aromatic heterocycles. The number of nitrogens with one attached hydrogen (secondary N) is 1. The van der Waals surface area contributed by atoms with E-state index in [1.807, 2.05) is 23.1 Å². The molecule has 4 rings (SSSR count). The summed E-state index contributed by atoms with van der Waals surface area (Å²) in [6, 6.07) is 10.2. The molecule has 10 heteroatoms. The lowest BCUT2D eigenvalue weighted by Crippen LogP contribution is -2.61. The molecule has 0 spiro atoms. The van der Waals surface area contributed by atoms with E-state index in [-0.39, 0.29) is 30.7 Å². The van der Waals surface area contributed by atoms with Crippen LogP contribution in [-0.2, 0) is 9.59 Å². The second-order valence-corrected chi connectivity index (χ2v) is 9.60. The van der Waals surface area contributed by atoms with Crippen molar-refractivity contribution in [2.45, 2.75) is 37.6 Å². The Balaban J connectivity index is 1.38. The van der Waals surface area contributed by atoms with Crippen LogP contribution in [0.25, 0.3) is 0 Å². The number of hydrogen-bond donors (Lipinski definition) is 4. The summed E-state index contributed by atoms with van der Waals surface area (Å²) in [6.07, 6.45) is 1.32. The first kappa shape index (κ1) is 24.3. The molecule has 2 saturated heterocycles. The molecule has 2 atom stereocenters. The number of likely N-dealkylation sites (tertiary alicyclic amines) is 1. The second kappa shape index (κ2) is 10.2. The third kappa shape index (κ3) is 4.32. The van der Waals surface area contributed by atoms with Gasteiger partial charge in [-0.05, 0) is 50.2 Å². The number of amides is 3. The van der Waals surface area contributed by atoms with Gasteiger partial charge in [0.15, 0.2) is 0 Å². The van der Waals surface area contributed by atoms with E-state index in [1.165, 1.54) is 4.90 Å². The molecule has 4 N–H and O–H groups in total. The molecule has 2 heterocycles. The molecule has 3 amide bonds. The van der Waals surface area contributed by atoms with E-state index in [1.54, 1.807) is 5.48 Å². The quantitative estimate of drug-likeness (QED) is 0.374. The Bertz CT molecular complexity index is 883. The first-order chi connectivity index (χ1) is 16.4. The zero-order valence-electron chi connectivity index (χ0n) is 19.3. The van der Waals surface area contributed by atoms with E-state index >= 15 is 0 Å². The van der Waals surface area contributed by atoms with E-state index in [4.69, 9.17) is 0 Å². The van der Waals surface area contributed by atoms with Crippen molar-refractivity contribution in [2.24, 2.45) is 17.8 Å². The minimum absolute atomic E-state index is 0.124. The Hall–Kier alpha value is -2.85. The minimum Gasteiger partial charge on any atom is -0.465 e. The monoisotopic (exact) mass is 474 g/mol. The number of carbonyl (C=O) groups is 3. The van der Waals surface area contributed by atoms with Crippen LogP contribution in [0.4, 0.5) is 10.5 Å². The van der Waals surface area contributed by atoms with Gasteiger partial charge in [0.1, 0.15) is 0 Å². The van der Waals surface area contributed by atoms with Gasteiger partial charge in [0, 0.05) is 44.3 Å². The summed E-state index contributed by atoms with van der Waals surface area (Å²) in [4.78, 5) is 42.9. The molecule has 0 bridgehead atoms. The highest BCUT2D eigenvalue weighted by molar-refractivity contribution is 5.82. The Labute approximate surface area is 199 Å². The van der Waals surface area contributed by atoms with Gasteiger partial charge in [0.25, 0.3) is 0 Å². The fraction of sp³-hybridized carbons (Fsp3) is 0.625. The first-order valence-electron chi connectivity index (χ1n) is 12.1. The van der Waals surface area contributed by atoms with Crippen LogP contribution in [0.1, 0.15) is 32.1 Å². The summed E-state index contributed by atoms with van der Waals surface area (Å²) in [7, 11) is 0. The maximum atomic E-state index is 13.2. The largest absolute Gasteiger partial charge is 0.465 e. The average Bonchev–Trinajstić information content (AvgIpc) is 3.29. The Morgan fingerprint density at radius 3 is 2.15 bits per heavy atom. The maximum Gasteiger partial charge on any atom is 0.407 e. The van der Waals surface area contributed by atoms with Crippen LogP contribution in [0.15, 0.2) is 30.3 Å². The first-order valence-corrected chi connectivity index (χ1v) is 12.1. The number of benzene rings is 1. The van der Waals surface area contributed by atoms with Crippen molar-refractivity contribution in [2.75, 3.05) is 44.2 Å². The highest BCUT2D eigenvalue weighted by Gasteiger charge is 2.58. The summed E-state index contributed by atoms with van der Waals surface area (Å²) in [5, 5.41) is 29.3. The molecule has 1 aromatic carbocycles. The molecular formula is C24H34N4O6. The van der Waals surface area contributed by atoms with E-state index in [0.717, 1.165) is 18.8 Å². The number of hydrogen-bond acceptors (Lipinski definition) is 6. The van der Waals surface area contributed by atoms with Crippen molar-refractivity contribution in [1.29, 1.82) is 0 Å². The van der Waals surface area contributed by atoms with Crippen LogP contribution in [0.3, 0.4) is 0 Å². The van der Waals surface area contributed by atoms with Crippen molar-refractivity contribution < 1.29 is 29.8 Å². The molecule has 2 aliphatic heterocycles. The Morgan fingerprint density at radius 2 is 1.59 bits per heavy atom. The van der Waals surface area contributed by atoms with E-state index in [0.29, 0.717) is 38.8 Å². The second-order valence-electron chi connectivity index (χ2n) is 9.60. The van der Waals surface area contributed by atoms with Gasteiger partial charge in [-0.2, -0.15) is 0 Å². The number of anilines is 1. The van der Waals surface area contributed by atoms with Crippen molar-refractivity contribution in [1.82, 2.24) is 15.3 Å². The van der Waals surface area contributed by atoms with Gasteiger partial charge >= 0.3 is 6.09 Å². The predicted molar refractivity (Wildman–Crippen MR) is 123 cm³/mol. The summed E-state index contributed by atoms with van der Waals surface area (Å²) < 4.78 is 0. The molecule has 0 unspecified atom stereocenters. The van der Waals surface area contributed by atoms with E-state index < -0.39 is 30.1 Å². The van der Waals surface area contributed by atoms with Crippen LogP contribution in [0, 0.1) is 17.8 Å². The molecule has 3 aliphatic rings. The van der Waals surface area contributed by atoms with Crippen molar-refractivity contribution in [3.05, 3.63) is 30.3 Å². The predicted octanol–water partition coefficient (Wildman–Crippen LogP) is 1.38. The fourth-order valence-corrected chi connectivity index (χ4v) is 6.37. The van der Waals surface area contributed by atoms with Crippen molar-refractivity contribution >= 4 is 23.6 Å². The smallest absolute Gasteiger partial charge is 0.407 e. The van der Waals surface area contributed by atoms with Gasteiger partial charge in [-0.3, -0.25) is 19.7 Å². The highest BCUT2D eigenvalue weighted by atomic mass is 16.5. The van der Waals surface area contributed by atoms with Crippen LogP contribution >= 0.6 is 0 Å². The number of carbonyl (C=O) groups excluding carboxylic acids is 2. The van der Waals surface area contributed by atoms with Crippen LogP contribution < -0.4 is 10.4 Å². The van der Waals surface area contributed by atoms with Gasteiger partial charge in [-0.1, -0.05) is 18.2 Å². The molecule has 10 nitrogen and oxygen atoms in total. The lowest BCUT2D eigenvalue weighted by molar-refractivity contribution is -0.142. The van der Waals surface area contributed by atoms with Crippen LogP contribution in [0.5, 0.6) is 0 Å². The third-order valence-electron chi connectivity index (χ3n) is 8.15. The fourth-order valence-electron chi connectivity index (χ4n) is 6.37. The number of piperazine rings is 1. The number of carboxylic acid groups (broad SMARTS) is 1. The third-order valence-corrected chi connectivity index (χ3v) is 8.15. The number of nitrogens with zero attached hydrogens (tertiary/aromatic N) is 3. The number of para-hydroxylation sites is 1. The molecule has 34 heavy (non-hydrogen) atoms. The topological polar surface area (TPSA) is 134 Å². The lowest BCUT2D eigenvalue weighted by Gasteiger charge is -2.47. The number of hydroxylamine groups is 1. The summed E-state index contributed by atoms with van der Waals surface area (Å²) >= 11 is 0. The molecule has 1 saturated carbocycles. The Morgan fingerprint density at radius 1 is 0.941 bits per heavy atom. The Kier molecular flexibility index (Phi) is 7.27. The molecule has 0 radical (unpaired) electrons. The zero-order valence-corrected chi connectivity index (χ0v) is 19.3. The zero-order chi connectivity index (χ0) is 24.3. The average molecular weight is 475 g/mol. The van der Waals surface area contributed by atoms with Crippen molar-refractivity contribution in [3.63, 3.8) is 0 Å². The number of rotatable bonds is 5. The maximum absolute atomic E-state index is 13.2. The van der Waals surface area contributed by atoms with Crippen LogP contribution in [0.2, 0.25) is 0 Å². The molecular weight excluding hydrogens is 440 g/mol. The van der Waals surface area contributed by atoms with Gasteiger partial charge in [0.2, 0.25) is 11.8 Å². The normalized spacial score (nSPS) is 29.7. The van der Waals surface area contributed by atoms with Gasteiger partial charge in [-0.25, -0.2) is 10.3 Å². The van der Waals surface area contributed by atoms with E-state index in [9.17, 15) is 29.8 Å². The summed E-state index contributed by atoms with van der Waals surface area (Å²) in [5.74, 6) is -1.78. The van der Waals surface area contributed by atoms with E-state index in [2.05, 4.69) is 17.0 Å². The number of aliphatic hydroxyl groups is 1. The van der Waals surface area contributed by atoms with Gasteiger partial charge in [-0.15, -0.1) is 0 Å². The molecule has 1 aliphatic carbocycles. The molecule has 186 valence electrons. The minimum atomic E-state index is -1.28. The van der Waals surface area contributed by atoms with Crippen molar-refractivity contribution in [3.8, 4) is 0 Å². The summed E-state index contributed by atoms with van der Waals surface area (Å²) in [6.45, 7) is 2.52. The number of aliphatic hydroxyl groups excluding tert-OH is 1. The van der Waals surface area contributed by atoms with Crippen LogP contribution in [-0.4, -0.2) is 88.0 Å². The van der Waals surface area contributed by atoms with Gasteiger partial charge < -0.3 is 20.0 Å². The lowest BCUT2D eigenvalue weighted by atomic mass is 9.66. The summed E-state index contributed by atoms with van der Waals surface area (Å²) in [5.41, 5.74) is 1.52. The highest BCUT2D eigenvalue weighted by Crippen LogP contribution is 2.47. The van der Waals surface area contributed by atoms with Gasteiger partial charge in [0.05, 0.1) is 18.1 Å². The SMILES string of the molecule is O=C(NO)[C@H]1CCN(C(=O)O)[C@@]1(CO)C1CCC(C(=O)N2CCN(c3ccccc3)CC2)CC1. The standard InChI is InChI=1S/C24H34N4O6/c29-16-24(20(21(30)25-34)10-11-28(24)23(32)33)18-8-6-17(7-9-18)22(31)27-14-12-26(13-15-27)19-4-2-1-3-5-19/h1-5,17-18,20,29,34H,6-16H2,(H,25,30)(H,32,33)/t17?,18?,20-,24+/m1/s1. The molecule has 1 aromatic rings.